The minimum Gasteiger partial charge on any atom is -0.456 e. The Morgan fingerprint density at radius 1 is 0.327 bits per heavy atom. The molecule has 0 atom stereocenters. The minimum absolute atomic E-state index is 0.847. The Hall–Kier alpha value is -7.36. The first-order valence-corrected chi connectivity index (χ1v) is 18.7. The summed E-state index contributed by atoms with van der Waals surface area (Å²) in [7, 11) is 0. The molecule has 0 aliphatic rings. The summed E-state index contributed by atoms with van der Waals surface area (Å²) in [5.74, 6) is 0. The minimum atomic E-state index is 0.847. The van der Waals surface area contributed by atoms with Gasteiger partial charge in [0.15, 0.2) is 0 Å². The summed E-state index contributed by atoms with van der Waals surface area (Å²) < 4.78 is 13.3. The van der Waals surface area contributed by atoms with Crippen molar-refractivity contribution in [3.63, 3.8) is 0 Å². The highest BCUT2D eigenvalue weighted by molar-refractivity contribution is 6.19. The van der Waals surface area contributed by atoms with Gasteiger partial charge in [-0.15, -0.1) is 0 Å². The van der Waals surface area contributed by atoms with Gasteiger partial charge in [-0.25, -0.2) is 0 Å². The molecule has 0 saturated heterocycles. The zero-order valence-corrected chi connectivity index (χ0v) is 29.8. The molecule has 0 saturated carbocycles. The van der Waals surface area contributed by atoms with E-state index in [0.29, 0.717) is 0 Å². The number of hydrogen-bond donors (Lipinski definition) is 0. The molecule has 11 rings (SSSR count). The maximum atomic E-state index is 6.83. The van der Waals surface area contributed by atoms with E-state index in [4.69, 9.17) is 8.83 Å². The molecular weight excluding hydrogens is 671 g/mol. The van der Waals surface area contributed by atoms with Crippen LogP contribution < -0.4 is 4.90 Å². The lowest BCUT2D eigenvalue weighted by Gasteiger charge is -2.27. The van der Waals surface area contributed by atoms with Crippen molar-refractivity contribution in [2.24, 2.45) is 0 Å². The molecule has 2 aromatic heterocycles. The lowest BCUT2D eigenvalue weighted by Crippen LogP contribution is -2.10. The van der Waals surface area contributed by atoms with Gasteiger partial charge in [0.05, 0.1) is 11.1 Å². The predicted molar refractivity (Wildman–Crippen MR) is 229 cm³/mol. The van der Waals surface area contributed by atoms with Crippen LogP contribution in [0, 0.1) is 0 Å². The number of rotatable bonds is 6. The van der Waals surface area contributed by atoms with Crippen LogP contribution in [0.1, 0.15) is 0 Å². The molecule has 2 heterocycles. The van der Waals surface area contributed by atoms with Crippen molar-refractivity contribution in [1.82, 2.24) is 0 Å². The van der Waals surface area contributed by atoms with Gasteiger partial charge >= 0.3 is 0 Å². The third-order valence-electron chi connectivity index (χ3n) is 10.9. The van der Waals surface area contributed by atoms with Crippen molar-refractivity contribution < 1.29 is 8.83 Å². The second-order valence-electron chi connectivity index (χ2n) is 14.1. The molecule has 0 bridgehead atoms. The zero-order valence-electron chi connectivity index (χ0n) is 29.8. The highest BCUT2D eigenvalue weighted by atomic mass is 16.3. The molecule has 9 aromatic carbocycles. The normalized spacial score (nSPS) is 11.6. The maximum absolute atomic E-state index is 6.83. The van der Waals surface area contributed by atoms with Gasteiger partial charge in [0.25, 0.3) is 0 Å². The Labute approximate surface area is 317 Å². The smallest absolute Gasteiger partial charge is 0.145 e. The molecule has 0 amide bonds. The fraction of sp³-hybridized carbons (Fsp3) is 0. The molecule has 0 N–H and O–H groups in total. The van der Waals surface area contributed by atoms with Crippen molar-refractivity contribution >= 4 is 71.7 Å². The number of furan rings is 2. The van der Waals surface area contributed by atoms with E-state index in [1.807, 2.05) is 18.2 Å². The van der Waals surface area contributed by atoms with E-state index >= 15 is 0 Å². The van der Waals surface area contributed by atoms with Crippen LogP contribution in [0.25, 0.3) is 88.0 Å². The van der Waals surface area contributed by atoms with Crippen molar-refractivity contribution in [3.05, 3.63) is 200 Å². The van der Waals surface area contributed by atoms with E-state index in [0.717, 1.165) is 77.6 Å². The average molecular weight is 704 g/mol. The average Bonchev–Trinajstić information content (AvgIpc) is 3.83. The Kier molecular flexibility index (Phi) is 7.17. The Balaban J connectivity index is 1.11. The standard InChI is InChI=1S/C52H33NO2/c1-2-11-34(12-3-1)35-21-23-36(24-22-35)37-25-27-39(28-26-37)53(40-29-30-44-43-16-6-8-19-48(43)54-50(44)33-40)47-32-31-45(42-18-10-14-38-13-4-5-15-41(38)42)52-51(47)46-17-7-9-20-49(46)55-52/h1-33H. The Morgan fingerprint density at radius 2 is 0.891 bits per heavy atom. The maximum Gasteiger partial charge on any atom is 0.145 e. The zero-order chi connectivity index (χ0) is 36.3. The molecule has 0 aliphatic heterocycles. The highest BCUT2D eigenvalue weighted by Gasteiger charge is 2.23. The summed E-state index contributed by atoms with van der Waals surface area (Å²) >= 11 is 0. The molecule has 0 aliphatic carbocycles. The van der Waals surface area contributed by atoms with Crippen LogP contribution in [-0.2, 0) is 0 Å². The third kappa shape index (κ3) is 5.20. The van der Waals surface area contributed by atoms with Crippen molar-refractivity contribution in [2.75, 3.05) is 4.90 Å². The number of anilines is 3. The first kappa shape index (κ1) is 31.2. The van der Waals surface area contributed by atoms with Crippen molar-refractivity contribution in [3.8, 4) is 33.4 Å². The lowest BCUT2D eigenvalue weighted by molar-refractivity contribution is 0.669. The van der Waals surface area contributed by atoms with Crippen LogP contribution in [0.4, 0.5) is 17.1 Å². The first-order valence-electron chi connectivity index (χ1n) is 18.7. The molecule has 258 valence electrons. The van der Waals surface area contributed by atoms with Gasteiger partial charge in [-0.2, -0.15) is 0 Å². The second-order valence-corrected chi connectivity index (χ2v) is 14.1. The second kappa shape index (κ2) is 12.6. The largest absolute Gasteiger partial charge is 0.456 e. The van der Waals surface area contributed by atoms with Gasteiger partial charge in [0.2, 0.25) is 0 Å². The van der Waals surface area contributed by atoms with Crippen LogP contribution in [0.2, 0.25) is 0 Å². The van der Waals surface area contributed by atoms with Crippen LogP contribution in [0.3, 0.4) is 0 Å². The molecule has 55 heavy (non-hydrogen) atoms. The number of benzene rings is 9. The quantitative estimate of drug-likeness (QED) is 0.173. The van der Waals surface area contributed by atoms with Crippen LogP contribution in [0.5, 0.6) is 0 Å². The molecule has 11 aromatic rings. The van der Waals surface area contributed by atoms with Gasteiger partial charge in [0.1, 0.15) is 22.3 Å². The predicted octanol–water partition coefficient (Wildman–Crippen LogP) is 15.1. The van der Waals surface area contributed by atoms with Crippen molar-refractivity contribution in [2.45, 2.75) is 0 Å². The fourth-order valence-corrected chi connectivity index (χ4v) is 8.24. The summed E-state index contributed by atoms with van der Waals surface area (Å²) in [6.07, 6.45) is 0. The summed E-state index contributed by atoms with van der Waals surface area (Å²) in [5, 5.41) is 6.73. The van der Waals surface area contributed by atoms with Gasteiger partial charge in [0, 0.05) is 39.2 Å². The fourth-order valence-electron chi connectivity index (χ4n) is 8.24. The van der Waals surface area contributed by atoms with E-state index in [1.54, 1.807) is 0 Å². The van der Waals surface area contributed by atoms with E-state index in [2.05, 4.69) is 187 Å². The van der Waals surface area contributed by atoms with Gasteiger partial charge in [-0.05, 0) is 87.1 Å². The molecule has 0 unspecified atom stereocenters. The summed E-state index contributed by atoms with van der Waals surface area (Å²) in [5.41, 5.74) is 13.5. The Bertz CT molecular complexity index is 3180. The number of para-hydroxylation sites is 2. The Morgan fingerprint density at radius 3 is 1.65 bits per heavy atom. The molecule has 0 spiro atoms. The first-order chi connectivity index (χ1) is 27.3. The molecule has 3 nitrogen and oxygen atoms in total. The van der Waals surface area contributed by atoms with Crippen LogP contribution >= 0.6 is 0 Å². The molecule has 0 fully saturated rings. The molecule has 3 heteroatoms. The summed E-state index contributed by atoms with van der Waals surface area (Å²) in [4.78, 5) is 2.34. The van der Waals surface area contributed by atoms with E-state index in [1.165, 1.54) is 27.5 Å². The lowest BCUT2D eigenvalue weighted by atomic mass is 9.95. The number of fused-ring (bicyclic) bond motifs is 7. The van der Waals surface area contributed by atoms with E-state index in [9.17, 15) is 0 Å². The van der Waals surface area contributed by atoms with Gasteiger partial charge < -0.3 is 13.7 Å². The van der Waals surface area contributed by atoms with Crippen LogP contribution in [0.15, 0.2) is 209 Å². The highest BCUT2D eigenvalue weighted by Crippen LogP contribution is 2.48. The van der Waals surface area contributed by atoms with Gasteiger partial charge in [-0.1, -0.05) is 146 Å². The topological polar surface area (TPSA) is 29.5 Å². The summed E-state index contributed by atoms with van der Waals surface area (Å²) in [6, 6.07) is 70.9. The molecular formula is C52H33NO2. The van der Waals surface area contributed by atoms with E-state index in [-0.39, 0.29) is 0 Å². The molecule has 0 radical (unpaired) electrons. The number of nitrogens with zero attached hydrogens (tertiary/aromatic N) is 1. The van der Waals surface area contributed by atoms with Gasteiger partial charge in [-0.3, -0.25) is 0 Å². The SMILES string of the molecule is c1ccc(-c2ccc(-c3ccc(N(c4ccc5c(c4)oc4ccccc45)c4ccc(-c5cccc6ccccc56)c5oc6ccccc6c45)cc3)cc2)cc1. The third-order valence-corrected chi connectivity index (χ3v) is 10.9. The number of hydrogen-bond acceptors (Lipinski definition) is 3. The van der Waals surface area contributed by atoms with Crippen molar-refractivity contribution in [1.29, 1.82) is 0 Å². The van der Waals surface area contributed by atoms with E-state index < -0.39 is 0 Å². The summed E-state index contributed by atoms with van der Waals surface area (Å²) in [6.45, 7) is 0. The monoisotopic (exact) mass is 703 g/mol. The van der Waals surface area contributed by atoms with Crippen LogP contribution in [-0.4, -0.2) is 0 Å².